The number of benzene rings is 3. The smallest absolute Gasteiger partial charge is 0.414 e. The van der Waals surface area contributed by atoms with Gasteiger partial charge in [-0.1, -0.05) is 53.2 Å². The minimum Gasteiger partial charge on any atom is -0.477 e. The molecule has 3 aromatic carbocycles. The molecule has 0 spiro atoms. The second kappa shape index (κ2) is 18.2. The zero-order chi connectivity index (χ0) is 37.3. The second-order valence-corrected chi connectivity index (χ2v) is 14.4. The Balaban J connectivity index is 1.11. The fraction of sp³-hybridized carbons (Fsp3) is 0.368. The Kier molecular flexibility index (Phi) is 13.2. The summed E-state index contributed by atoms with van der Waals surface area (Å²) in [6, 6.07) is 16.3. The Morgan fingerprint density at radius 3 is 2.66 bits per heavy atom. The lowest BCUT2D eigenvalue weighted by atomic mass is 10.1. The standard InChI is InChI=1S/C38H41Cl2N5O7S/c1-3-50-38(48)45-24-35(52-33-9-5-7-30(39)25(33)2)53-36-29(6-4-8-32(36)45)28-21-42-44(23-28)22-27-20-26(10-11-31(27)40)37(47)41-13-12-34(46)51-19-16-43-14-17-49-18-15-43/h4-11,20-21,23,35H,3,12-19,22,24H2,1-2H3,(H,41,47). The van der Waals surface area contributed by atoms with Gasteiger partial charge in [-0.05, 0) is 55.8 Å². The van der Waals surface area contributed by atoms with E-state index in [4.69, 9.17) is 42.1 Å². The Hall–Kier alpha value is -4.27. The minimum absolute atomic E-state index is 0.0670. The molecule has 280 valence electrons. The Labute approximate surface area is 322 Å². The van der Waals surface area contributed by atoms with Gasteiger partial charge >= 0.3 is 12.1 Å². The van der Waals surface area contributed by atoms with Crippen LogP contribution in [0.4, 0.5) is 10.5 Å². The minimum atomic E-state index is -0.462. The number of hydrogen-bond donors (Lipinski definition) is 1. The van der Waals surface area contributed by atoms with Crippen molar-refractivity contribution in [1.29, 1.82) is 0 Å². The van der Waals surface area contributed by atoms with Crippen LogP contribution < -0.4 is 15.0 Å². The van der Waals surface area contributed by atoms with E-state index in [1.54, 1.807) is 40.9 Å². The van der Waals surface area contributed by atoms with Crippen molar-refractivity contribution in [1.82, 2.24) is 20.0 Å². The van der Waals surface area contributed by atoms with Crippen LogP contribution in [-0.4, -0.2) is 97.2 Å². The van der Waals surface area contributed by atoms with E-state index in [0.717, 1.165) is 34.7 Å². The molecule has 2 amide bonds. The van der Waals surface area contributed by atoms with E-state index in [1.807, 2.05) is 49.5 Å². The third kappa shape index (κ3) is 9.84. The largest absolute Gasteiger partial charge is 0.477 e. The molecule has 1 unspecified atom stereocenters. The molecule has 1 N–H and O–H groups in total. The molecular weight excluding hydrogens is 741 g/mol. The van der Waals surface area contributed by atoms with Gasteiger partial charge in [0, 0.05) is 69.6 Å². The van der Waals surface area contributed by atoms with Crippen molar-refractivity contribution in [2.45, 2.75) is 37.1 Å². The highest BCUT2D eigenvalue weighted by Crippen LogP contribution is 2.45. The van der Waals surface area contributed by atoms with Crippen molar-refractivity contribution in [3.8, 4) is 16.9 Å². The Morgan fingerprint density at radius 1 is 1.04 bits per heavy atom. The predicted molar refractivity (Wildman–Crippen MR) is 204 cm³/mol. The summed E-state index contributed by atoms with van der Waals surface area (Å²) in [7, 11) is 0. The van der Waals surface area contributed by atoms with E-state index in [2.05, 4.69) is 15.3 Å². The lowest BCUT2D eigenvalue weighted by molar-refractivity contribution is -0.144. The highest BCUT2D eigenvalue weighted by Gasteiger charge is 2.33. The maximum absolute atomic E-state index is 13.2. The highest BCUT2D eigenvalue weighted by molar-refractivity contribution is 8.00. The van der Waals surface area contributed by atoms with Crippen LogP contribution in [0, 0.1) is 6.92 Å². The first kappa shape index (κ1) is 38.5. The first-order valence-corrected chi connectivity index (χ1v) is 19.0. The quantitative estimate of drug-likeness (QED) is 0.147. The number of morpholine rings is 1. The molecule has 2 aliphatic heterocycles. The average molecular weight is 783 g/mol. The first-order chi connectivity index (χ1) is 25.7. The number of nitrogens with one attached hydrogen (secondary N) is 1. The molecule has 3 heterocycles. The summed E-state index contributed by atoms with van der Waals surface area (Å²) in [5.41, 5.74) is 3.87. The number of fused-ring (bicyclic) bond motifs is 1. The summed E-state index contributed by atoms with van der Waals surface area (Å²) in [6.07, 6.45) is 3.25. The third-order valence-electron chi connectivity index (χ3n) is 8.80. The van der Waals surface area contributed by atoms with Crippen LogP contribution in [0.5, 0.6) is 5.75 Å². The molecule has 0 saturated carbocycles. The van der Waals surface area contributed by atoms with Crippen LogP contribution in [0.2, 0.25) is 10.0 Å². The monoisotopic (exact) mass is 781 g/mol. The van der Waals surface area contributed by atoms with Crippen molar-refractivity contribution >= 4 is 58.6 Å². The number of hydrogen-bond acceptors (Lipinski definition) is 10. The molecule has 1 saturated heterocycles. The number of thioether (sulfide) groups is 1. The summed E-state index contributed by atoms with van der Waals surface area (Å²) in [6.45, 7) is 8.60. The van der Waals surface area contributed by atoms with E-state index in [9.17, 15) is 14.4 Å². The number of halogens is 2. The number of rotatable bonds is 13. The van der Waals surface area contributed by atoms with Crippen molar-refractivity contribution in [3.63, 3.8) is 0 Å². The Bertz CT molecular complexity index is 1940. The molecule has 4 aromatic rings. The van der Waals surface area contributed by atoms with Crippen LogP contribution in [0.1, 0.15) is 34.8 Å². The van der Waals surface area contributed by atoms with Gasteiger partial charge < -0.3 is 24.3 Å². The summed E-state index contributed by atoms with van der Waals surface area (Å²) in [5.74, 6) is -0.0530. The summed E-state index contributed by atoms with van der Waals surface area (Å²) < 4.78 is 24.2. The maximum atomic E-state index is 13.2. The lowest BCUT2D eigenvalue weighted by Crippen LogP contribution is -2.42. The SMILES string of the molecule is CCOC(=O)N1CC(Oc2cccc(Cl)c2C)Sc2c(-c3cnn(Cc4cc(C(=O)NCCC(=O)OCCN5CCOCC5)ccc4Cl)c3)cccc21. The topological polar surface area (TPSA) is 124 Å². The van der Waals surface area contributed by atoms with E-state index in [0.29, 0.717) is 65.5 Å². The first-order valence-electron chi connectivity index (χ1n) is 17.4. The van der Waals surface area contributed by atoms with Gasteiger partial charge in [0.05, 0.1) is 51.2 Å². The zero-order valence-corrected chi connectivity index (χ0v) is 31.8. The summed E-state index contributed by atoms with van der Waals surface area (Å²) in [5, 5.41) is 8.47. The van der Waals surface area contributed by atoms with Gasteiger partial charge in [-0.2, -0.15) is 5.10 Å². The second-order valence-electron chi connectivity index (χ2n) is 12.4. The predicted octanol–water partition coefficient (Wildman–Crippen LogP) is 6.68. The third-order valence-corrected chi connectivity index (χ3v) is 10.8. The van der Waals surface area contributed by atoms with Crippen LogP contribution in [0.3, 0.4) is 0 Å². The van der Waals surface area contributed by atoms with Gasteiger partial charge in [-0.3, -0.25) is 24.1 Å². The number of carbonyl (C=O) groups is 3. The number of anilines is 1. The van der Waals surface area contributed by atoms with E-state index in [-0.39, 0.29) is 38.0 Å². The molecule has 1 fully saturated rings. The van der Waals surface area contributed by atoms with Crippen molar-refractivity contribution in [2.75, 3.05) is 64.1 Å². The van der Waals surface area contributed by atoms with Gasteiger partial charge in [-0.15, -0.1) is 0 Å². The number of nitrogens with zero attached hydrogens (tertiary/aromatic N) is 4. The van der Waals surface area contributed by atoms with Gasteiger partial charge in [0.15, 0.2) is 5.44 Å². The molecule has 0 bridgehead atoms. The normalized spacial score (nSPS) is 15.8. The van der Waals surface area contributed by atoms with Crippen LogP contribution >= 0.6 is 35.0 Å². The average Bonchev–Trinajstić information content (AvgIpc) is 3.62. The maximum Gasteiger partial charge on any atom is 0.414 e. The molecule has 53 heavy (non-hydrogen) atoms. The summed E-state index contributed by atoms with van der Waals surface area (Å²) in [4.78, 5) is 43.0. The number of aromatic nitrogens is 2. The van der Waals surface area contributed by atoms with Gasteiger partial charge in [0.25, 0.3) is 5.91 Å². The lowest BCUT2D eigenvalue weighted by Gasteiger charge is -2.34. The number of carbonyl (C=O) groups excluding carboxylic acids is 3. The Morgan fingerprint density at radius 2 is 1.85 bits per heavy atom. The molecule has 2 aliphatic rings. The summed E-state index contributed by atoms with van der Waals surface area (Å²) >= 11 is 14.5. The van der Waals surface area contributed by atoms with Crippen molar-refractivity contribution in [2.24, 2.45) is 0 Å². The molecule has 0 aliphatic carbocycles. The molecule has 12 nitrogen and oxygen atoms in total. The van der Waals surface area contributed by atoms with Gasteiger partial charge in [-0.25, -0.2) is 4.79 Å². The van der Waals surface area contributed by atoms with Crippen LogP contribution in [0.15, 0.2) is 71.9 Å². The van der Waals surface area contributed by atoms with Crippen LogP contribution in [0.25, 0.3) is 11.1 Å². The zero-order valence-electron chi connectivity index (χ0n) is 29.5. The van der Waals surface area contributed by atoms with E-state index in [1.165, 1.54) is 11.8 Å². The van der Waals surface area contributed by atoms with Gasteiger partial charge in [0.2, 0.25) is 0 Å². The van der Waals surface area contributed by atoms with Gasteiger partial charge in [0.1, 0.15) is 12.4 Å². The van der Waals surface area contributed by atoms with Crippen LogP contribution in [-0.2, 0) is 25.5 Å². The van der Waals surface area contributed by atoms with E-state index < -0.39 is 11.5 Å². The number of ether oxygens (including phenoxy) is 4. The number of amides is 2. The molecule has 15 heteroatoms. The molecule has 1 aromatic heterocycles. The highest BCUT2D eigenvalue weighted by atomic mass is 35.5. The number of esters is 1. The molecule has 0 radical (unpaired) electrons. The van der Waals surface area contributed by atoms with Crippen molar-refractivity contribution in [3.05, 3.63) is 93.7 Å². The molecular formula is C38H41Cl2N5O7S. The van der Waals surface area contributed by atoms with Crippen molar-refractivity contribution < 1.29 is 33.3 Å². The molecule has 6 rings (SSSR count). The van der Waals surface area contributed by atoms with E-state index >= 15 is 0 Å². The fourth-order valence-corrected chi connectivity index (χ4v) is 7.56. The molecule has 1 atom stereocenters. The fourth-order valence-electron chi connectivity index (χ4n) is 5.96.